The fourth-order valence-corrected chi connectivity index (χ4v) is 7.81. The molecule has 0 saturated heterocycles. The molecule has 2 heterocycles. The Bertz CT molecular complexity index is 3040. The first-order chi connectivity index (χ1) is 32.3. The van der Waals surface area contributed by atoms with Crippen molar-refractivity contribution in [1.29, 1.82) is 21.0 Å². The Morgan fingerprint density at radius 2 is 1.00 bits per heavy atom. The molecule has 0 bridgehead atoms. The molecule has 0 fully saturated rings. The van der Waals surface area contributed by atoms with Crippen LogP contribution in [-0.2, 0) is 18.4 Å². The minimum Gasteiger partial charge on any atom is -0.423 e. The second kappa shape index (κ2) is 28.3. The van der Waals surface area contributed by atoms with E-state index in [-0.39, 0.29) is 0 Å². The Morgan fingerprint density at radius 3 is 1.45 bits per heavy atom. The number of benzene rings is 6. The molecule has 12 nitrogen and oxygen atoms in total. The van der Waals surface area contributed by atoms with Crippen molar-refractivity contribution in [3.8, 4) is 35.4 Å². The fourth-order valence-electron chi connectivity index (χ4n) is 5.66. The Balaban J connectivity index is 0.000000190. The average molecular weight is 1190 g/mol. The lowest BCUT2D eigenvalue weighted by Gasteiger charge is -2.08. The van der Waals surface area contributed by atoms with E-state index in [1.807, 2.05) is 85.8 Å². The fraction of sp³-hybridized carbons (Fsp3) is 0.0833. The maximum Gasteiger partial charge on any atom is 0.488 e. The van der Waals surface area contributed by atoms with Crippen LogP contribution in [-0.4, -0.2) is 46.7 Å². The van der Waals surface area contributed by atoms with Crippen molar-refractivity contribution < 1.29 is 10.0 Å². The second-order valence-corrected chi connectivity index (χ2v) is 17.8. The van der Waals surface area contributed by atoms with Crippen LogP contribution in [0.25, 0.3) is 11.1 Å². The van der Waals surface area contributed by atoms with Gasteiger partial charge in [0.05, 0.1) is 59.6 Å². The number of halogens is 6. The number of aromatic nitrogens is 6. The summed E-state index contributed by atoms with van der Waals surface area (Å²) in [6, 6.07) is 45.2. The highest BCUT2D eigenvalue weighted by atomic mass is 79.9. The largest absolute Gasteiger partial charge is 0.488 e. The topological polar surface area (TPSA) is 197 Å². The van der Waals surface area contributed by atoms with Crippen LogP contribution in [0, 0.1) is 52.2 Å². The summed E-state index contributed by atoms with van der Waals surface area (Å²) in [6.45, 7) is 2.99. The van der Waals surface area contributed by atoms with Crippen LogP contribution in [0.1, 0.15) is 44.5 Å². The molecule has 8 rings (SSSR count). The van der Waals surface area contributed by atoms with Crippen LogP contribution in [0.3, 0.4) is 0 Å². The third kappa shape index (κ3) is 18.0. The van der Waals surface area contributed by atoms with Gasteiger partial charge in [0.15, 0.2) is 0 Å². The first-order valence-corrected chi connectivity index (χ1v) is 23.7. The molecule has 6 aromatic carbocycles. The molecule has 0 saturated carbocycles. The quantitative estimate of drug-likeness (QED) is 0.114. The molecular weight excluding hydrogens is 1150 g/mol. The van der Waals surface area contributed by atoms with Gasteiger partial charge in [0.25, 0.3) is 0 Å². The molecule has 2 N–H and O–H groups in total. The zero-order valence-electron chi connectivity index (χ0n) is 35.2. The van der Waals surface area contributed by atoms with Crippen LogP contribution < -0.4 is 5.46 Å². The molecule has 19 heteroatoms. The highest BCUT2D eigenvalue weighted by Crippen LogP contribution is 2.26. The minimum atomic E-state index is -1.43. The van der Waals surface area contributed by atoms with Crippen LogP contribution >= 0.6 is 86.9 Å². The van der Waals surface area contributed by atoms with Gasteiger partial charge in [0, 0.05) is 28.8 Å². The van der Waals surface area contributed by atoms with Crippen molar-refractivity contribution in [3.05, 3.63) is 215 Å². The van der Waals surface area contributed by atoms with Gasteiger partial charge >= 0.3 is 7.12 Å². The summed E-state index contributed by atoms with van der Waals surface area (Å²) in [7, 11) is -1.43. The predicted octanol–water partition coefficient (Wildman–Crippen LogP) is 11.3. The highest BCUT2D eigenvalue weighted by Gasteiger charge is 2.10. The van der Waals surface area contributed by atoms with Crippen molar-refractivity contribution in [2.24, 2.45) is 0 Å². The summed E-state index contributed by atoms with van der Waals surface area (Å²) < 4.78 is 6.35. The molecule has 0 aliphatic rings. The van der Waals surface area contributed by atoms with Gasteiger partial charge in [-0.25, -0.2) is 19.3 Å². The number of rotatable bonds is 7. The summed E-state index contributed by atoms with van der Waals surface area (Å²) in [4.78, 5) is 7.77. The number of hydrogen-bond acceptors (Lipinski definition) is 10. The van der Waals surface area contributed by atoms with Crippen molar-refractivity contribution in [1.82, 2.24) is 29.5 Å². The molecule has 0 aliphatic carbocycles. The molecule has 0 aliphatic heterocycles. The zero-order valence-corrected chi connectivity index (χ0v) is 43.0. The van der Waals surface area contributed by atoms with Gasteiger partial charge in [-0.15, -0.1) is 0 Å². The first-order valence-electron chi connectivity index (χ1n) is 19.4. The molecular formula is C48H35BBr4Cl2N10O2. The molecule has 0 radical (unpaired) electrons. The standard InChI is InChI=1S/C16H11ClN4.C10H7BrN4.C8H5Br2N.C8H6BrN.C6H6BClO2/c17-16-3-1-2-12(7-16)13-4-5-14(8-18)15(6-13)9-21-11-19-10-20-21;11-10-2-1-8(4-12)9(3-10)5-15-7-13-6-14-15;9-4-7-3-8(10)2-1-6(7)5-11;1-6-4-8(9)3-2-7(6)5-10;8-6-3-1-2-5(4-6)7(9)10/h1-7,10-11H,9H2;1-3,6-7H,5H2;1-3H,4H2;2-4H,1H3;1-4,9-10H. The van der Waals surface area contributed by atoms with Gasteiger partial charge in [-0.05, 0) is 137 Å². The Hall–Kier alpha value is -5.96. The minimum absolute atomic E-state index is 0.410. The van der Waals surface area contributed by atoms with E-state index in [2.05, 4.69) is 108 Å². The molecule has 334 valence electrons. The van der Waals surface area contributed by atoms with E-state index in [1.165, 1.54) is 18.7 Å². The van der Waals surface area contributed by atoms with E-state index in [0.29, 0.717) is 39.7 Å². The molecule has 2 aromatic heterocycles. The van der Waals surface area contributed by atoms with Gasteiger partial charge in [0.2, 0.25) is 0 Å². The third-order valence-electron chi connectivity index (χ3n) is 8.96. The average Bonchev–Trinajstić information content (AvgIpc) is 4.05. The number of nitrogens with zero attached hydrogens (tertiary/aromatic N) is 10. The van der Waals surface area contributed by atoms with E-state index >= 15 is 0 Å². The van der Waals surface area contributed by atoms with Crippen LogP contribution in [0.5, 0.6) is 0 Å². The smallest absolute Gasteiger partial charge is 0.423 e. The molecule has 67 heavy (non-hydrogen) atoms. The van der Waals surface area contributed by atoms with Crippen LogP contribution in [0.15, 0.2) is 160 Å². The van der Waals surface area contributed by atoms with E-state index in [1.54, 1.807) is 58.4 Å². The zero-order chi connectivity index (χ0) is 48.7. The van der Waals surface area contributed by atoms with Gasteiger partial charge in [0.1, 0.15) is 25.3 Å². The molecule has 0 spiro atoms. The number of nitriles is 4. The number of alkyl halides is 1. The summed E-state index contributed by atoms with van der Waals surface area (Å²) in [5.74, 6) is 0. The van der Waals surface area contributed by atoms with Gasteiger partial charge in [-0.2, -0.15) is 31.2 Å². The van der Waals surface area contributed by atoms with Crippen molar-refractivity contribution in [3.63, 3.8) is 0 Å². The maximum atomic E-state index is 9.24. The van der Waals surface area contributed by atoms with E-state index in [4.69, 9.17) is 49.0 Å². The second-order valence-electron chi connectivity index (χ2n) is 13.6. The Labute approximate surface area is 432 Å². The lowest BCUT2D eigenvalue weighted by molar-refractivity contribution is 0.426. The van der Waals surface area contributed by atoms with Gasteiger partial charge in [-0.1, -0.05) is 117 Å². The van der Waals surface area contributed by atoms with E-state index in [0.717, 1.165) is 63.3 Å². The lowest BCUT2D eigenvalue weighted by Crippen LogP contribution is -2.29. The predicted molar refractivity (Wildman–Crippen MR) is 275 cm³/mol. The summed E-state index contributed by atoms with van der Waals surface area (Å²) in [5, 5.41) is 62.6. The van der Waals surface area contributed by atoms with Crippen molar-refractivity contribution in [2.45, 2.75) is 25.3 Å². The van der Waals surface area contributed by atoms with Crippen LogP contribution in [0.2, 0.25) is 10.0 Å². The van der Waals surface area contributed by atoms with E-state index < -0.39 is 7.12 Å². The summed E-state index contributed by atoms with van der Waals surface area (Å²) >= 11 is 24.9. The molecule has 0 unspecified atom stereocenters. The van der Waals surface area contributed by atoms with Crippen LogP contribution in [0.4, 0.5) is 0 Å². The Morgan fingerprint density at radius 1 is 0.552 bits per heavy atom. The highest BCUT2D eigenvalue weighted by molar-refractivity contribution is 9.11. The van der Waals surface area contributed by atoms with Gasteiger partial charge < -0.3 is 10.0 Å². The lowest BCUT2D eigenvalue weighted by atomic mass is 9.81. The normalized spacial score (nSPS) is 9.69. The van der Waals surface area contributed by atoms with Crippen molar-refractivity contribution in [2.75, 3.05) is 0 Å². The summed E-state index contributed by atoms with van der Waals surface area (Å²) in [6.07, 6.45) is 6.21. The number of hydrogen-bond donors (Lipinski definition) is 2. The van der Waals surface area contributed by atoms with E-state index in [9.17, 15) is 5.26 Å². The van der Waals surface area contributed by atoms with Gasteiger partial charge in [-0.3, -0.25) is 0 Å². The maximum absolute atomic E-state index is 9.24. The van der Waals surface area contributed by atoms with Crippen molar-refractivity contribution >= 4 is 99.5 Å². The third-order valence-corrected chi connectivity index (χ3v) is 11.5. The Kier molecular flexibility index (Phi) is 22.6. The molecule has 0 atom stereocenters. The molecule has 8 aromatic rings. The first kappa shape index (κ1) is 53.7. The monoisotopic (exact) mass is 1180 g/mol. The SMILES string of the molecule is Cc1cc(Br)ccc1C#N.N#Cc1ccc(-c2cccc(Cl)c2)cc1Cn1cncn1.N#Cc1ccc(Br)cc1CBr.N#Cc1ccc(Br)cc1Cn1cncn1.OB(O)c1cccc(Cl)c1. The molecule has 0 amide bonds. The summed E-state index contributed by atoms with van der Waals surface area (Å²) in [5.41, 5.74) is 9.07. The number of aryl methyl sites for hydroxylation is 1.